The number of hydrogen-bond donors (Lipinski definition) is 1. The summed E-state index contributed by atoms with van der Waals surface area (Å²) >= 11 is 1.60. The molecule has 1 N–H and O–H groups in total. The number of benzene rings is 3. The number of aromatic nitrogens is 3. The van der Waals surface area contributed by atoms with Crippen LogP contribution in [-0.4, -0.2) is 51.2 Å². The number of alkyl halides is 3. The number of anilines is 1. The largest absolute Gasteiger partial charge is 0.573 e. The Hall–Kier alpha value is -4.32. The fourth-order valence-electron chi connectivity index (χ4n) is 4.75. The minimum atomic E-state index is -4.74. The highest BCUT2D eigenvalue weighted by atomic mass is 32.2. The Balaban J connectivity index is 1.10. The third kappa shape index (κ3) is 8.16. The number of unbranched alkanes of at least 4 members (excludes halogenated alkanes) is 1. The number of thioether (sulfide) groups is 1. The molecule has 1 saturated heterocycles. The molecule has 224 valence electrons. The van der Waals surface area contributed by atoms with E-state index in [9.17, 15) is 18.0 Å². The van der Waals surface area contributed by atoms with Gasteiger partial charge >= 0.3 is 12.4 Å². The molecule has 12 heteroatoms. The van der Waals surface area contributed by atoms with E-state index in [0.29, 0.717) is 18.1 Å². The van der Waals surface area contributed by atoms with Gasteiger partial charge in [-0.2, -0.15) is 4.99 Å². The van der Waals surface area contributed by atoms with E-state index in [2.05, 4.69) is 49.1 Å². The standard InChI is InChI=1S/C31H31F3N6O2S/c1-2-23-10-3-4-12-27(23)39-18-19-43-30(39)37-29(41)35-17-6-5-8-22-9-7-11-24(20-22)28-36-21-40(38-28)25-13-15-26(16-14-25)42-31(32,33)34/h3-4,7,9-16,20-21H,2,5-6,8,17-19H2,1H3,(H,35,41)/b37-30-. The molecule has 1 aliphatic rings. The number of nitrogens with zero attached hydrogens (tertiary/aromatic N) is 5. The second-order valence-corrected chi connectivity index (χ2v) is 10.9. The third-order valence-electron chi connectivity index (χ3n) is 6.82. The molecule has 8 nitrogen and oxygen atoms in total. The molecule has 0 bridgehead atoms. The van der Waals surface area contributed by atoms with Crippen molar-refractivity contribution in [2.24, 2.45) is 4.99 Å². The summed E-state index contributed by atoms with van der Waals surface area (Å²) in [5.41, 5.74) is 4.85. The fraction of sp³-hybridized carbons (Fsp3) is 0.290. The first-order chi connectivity index (χ1) is 20.8. The number of carbonyl (C=O) groups is 1. The maximum Gasteiger partial charge on any atom is 0.573 e. The molecule has 3 aromatic carbocycles. The van der Waals surface area contributed by atoms with Crippen LogP contribution < -0.4 is 15.0 Å². The minimum Gasteiger partial charge on any atom is -0.406 e. The number of aryl methyl sites for hydroxylation is 2. The van der Waals surface area contributed by atoms with Crippen LogP contribution in [0.25, 0.3) is 17.1 Å². The number of aliphatic imine (C=N–C) groups is 1. The summed E-state index contributed by atoms with van der Waals surface area (Å²) in [4.78, 5) is 23.4. The van der Waals surface area contributed by atoms with Gasteiger partial charge in [0, 0.05) is 30.1 Å². The maximum absolute atomic E-state index is 12.5. The SMILES string of the molecule is CCc1ccccc1N1CCS/C1=N\C(=O)NCCCCc1cccc(-c2ncn(-c3ccc(OC(F)(F)F)cc3)n2)c1. The zero-order chi connectivity index (χ0) is 30.2. The van der Waals surface area contributed by atoms with Crippen molar-refractivity contribution in [1.29, 1.82) is 0 Å². The Morgan fingerprint density at radius 3 is 2.67 bits per heavy atom. The quantitative estimate of drug-likeness (QED) is 0.195. The molecule has 1 aliphatic heterocycles. The van der Waals surface area contributed by atoms with Gasteiger partial charge in [-0.05, 0) is 73.2 Å². The molecule has 2 heterocycles. The van der Waals surface area contributed by atoms with Gasteiger partial charge in [-0.3, -0.25) is 0 Å². The summed E-state index contributed by atoms with van der Waals surface area (Å²) in [5, 5.41) is 8.13. The highest BCUT2D eigenvalue weighted by molar-refractivity contribution is 8.14. The van der Waals surface area contributed by atoms with Gasteiger partial charge in [0.15, 0.2) is 11.0 Å². The summed E-state index contributed by atoms with van der Waals surface area (Å²) in [5.74, 6) is 1.10. The number of ether oxygens (including phenoxy) is 1. The van der Waals surface area contributed by atoms with Crippen molar-refractivity contribution < 1.29 is 22.7 Å². The lowest BCUT2D eigenvalue weighted by molar-refractivity contribution is -0.274. The Kier molecular flexibility index (Phi) is 9.65. The Morgan fingerprint density at radius 1 is 1.07 bits per heavy atom. The van der Waals surface area contributed by atoms with Crippen molar-refractivity contribution in [1.82, 2.24) is 20.1 Å². The summed E-state index contributed by atoms with van der Waals surface area (Å²) in [7, 11) is 0. The molecule has 4 aromatic rings. The maximum atomic E-state index is 12.5. The number of nitrogens with one attached hydrogen (secondary N) is 1. The lowest BCUT2D eigenvalue weighted by Gasteiger charge is -2.20. The number of para-hydroxylation sites is 1. The number of amidine groups is 1. The van der Waals surface area contributed by atoms with E-state index in [1.54, 1.807) is 11.8 Å². The predicted molar refractivity (Wildman–Crippen MR) is 163 cm³/mol. The van der Waals surface area contributed by atoms with E-state index < -0.39 is 6.36 Å². The lowest BCUT2D eigenvalue weighted by Crippen LogP contribution is -2.28. The molecule has 0 unspecified atom stereocenters. The minimum absolute atomic E-state index is 0.301. The highest BCUT2D eigenvalue weighted by Gasteiger charge is 2.31. The lowest BCUT2D eigenvalue weighted by atomic mass is 10.0. The van der Waals surface area contributed by atoms with Crippen molar-refractivity contribution >= 4 is 28.6 Å². The molecule has 0 atom stereocenters. The number of rotatable bonds is 10. The van der Waals surface area contributed by atoms with Gasteiger partial charge in [-0.15, -0.1) is 18.3 Å². The van der Waals surface area contributed by atoms with Crippen LogP contribution in [0.15, 0.2) is 84.1 Å². The van der Waals surface area contributed by atoms with Crippen LogP contribution in [0.2, 0.25) is 0 Å². The highest BCUT2D eigenvalue weighted by Crippen LogP contribution is 2.29. The number of hydrogen-bond acceptors (Lipinski definition) is 5. The molecule has 1 aromatic heterocycles. The third-order valence-corrected chi connectivity index (χ3v) is 7.77. The normalized spacial score (nSPS) is 14.3. The van der Waals surface area contributed by atoms with Gasteiger partial charge in [-0.1, -0.05) is 55.1 Å². The monoisotopic (exact) mass is 608 g/mol. The summed E-state index contributed by atoms with van der Waals surface area (Å²) in [6.45, 7) is 3.49. The van der Waals surface area contributed by atoms with Crippen LogP contribution in [0.3, 0.4) is 0 Å². The molecule has 0 aliphatic carbocycles. The molecule has 0 spiro atoms. The summed E-state index contributed by atoms with van der Waals surface area (Å²) in [6.07, 6.45) is 0.183. The first kappa shape index (κ1) is 30.1. The predicted octanol–water partition coefficient (Wildman–Crippen LogP) is 7.04. The molecule has 1 fully saturated rings. The van der Waals surface area contributed by atoms with Crippen LogP contribution in [0, 0.1) is 0 Å². The van der Waals surface area contributed by atoms with Crippen LogP contribution in [0.1, 0.15) is 30.9 Å². The zero-order valence-corrected chi connectivity index (χ0v) is 24.4. The average molecular weight is 609 g/mol. The molecule has 0 radical (unpaired) electrons. The number of amides is 2. The number of carbonyl (C=O) groups excluding carboxylic acids is 1. The first-order valence-electron chi connectivity index (χ1n) is 14.0. The van der Waals surface area contributed by atoms with E-state index in [4.69, 9.17) is 0 Å². The van der Waals surface area contributed by atoms with Crippen LogP contribution in [-0.2, 0) is 12.8 Å². The number of urea groups is 1. The second kappa shape index (κ2) is 13.8. The Labute approximate surface area is 252 Å². The molecular weight excluding hydrogens is 577 g/mol. The Bertz CT molecular complexity index is 1570. The molecule has 5 rings (SSSR count). The van der Waals surface area contributed by atoms with Crippen molar-refractivity contribution in [3.8, 4) is 22.8 Å². The van der Waals surface area contributed by atoms with Crippen molar-refractivity contribution in [2.45, 2.75) is 39.0 Å². The van der Waals surface area contributed by atoms with Gasteiger partial charge in [0.2, 0.25) is 0 Å². The van der Waals surface area contributed by atoms with Gasteiger partial charge < -0.3 is 15.0 Å². The first-order valence-corrected chi connectivity index (χ1v) is 15.0. The topological polar surface area (TPSA) is 84.6 Å². The zero-order valence-electron chi connectivity index (χ0n) is 23.6. The van der Waals surface area contributed by atoms with Crippen molar-refractivity contribution in [3.05, 3.63) is 90.3 Å². The summed E-state index contributed by atoms with van der Waals surface area (Å²) < 4.78 is 42.7. The van der Waals surface area contributed by atoms with E-state index >= 15 is 0 Å². The fourth-order valence-corrected chi connectivity index (χ4v) is 5.70. The Morgan fingerprint density at radius 2 is 1.88 bits per heavy atom. The summed E-state index contributed by atoms with van der Waals surface area (Å²) in [6, 6.07) is 21.2. The van der Waals surface area contributed by atoms with Gasteiger partial charge in [0.25, 0.3) is 0 Å². The van der Waals surface area contributed by atoms with Crippen molar-refractivity contribution in [2.75, 3.05) is 23.7 Å². The van der Waals surface area contributed by atoms with Crippen LogP contribution in [0.4, 0.5) is 23.7 Å². The van der Waals surface area contributed by atoms with Gasteiger partial charge in [0.1, 0.15) is 12.1 Å². The van der Waals surface area contributed by atoms with Crippen molar-refractivity contribution in [3.63, 3.8) is 0 Å². The van der Waals surface area contributed by atoms with Crippen LogP contribution in [0.5, 0.6) is 5.75 Å². The molecule has 43 heavy (non-hydrogen) atoms. The van der Waals surface area contributed by atoms with Gasteiger partial charge in [-0.25, -0.2) is 14.5 Å². The number of halogens is 3. The van der Waals surface area contributed by atoms with E-state index in [1.165, 1.54) is 40.8 Å². The van der Waals surface area contributed by atoms with E-state index in [0.717, 1.165) is 60.0 Å². The van der Waals surface area contributed by atoms with Gasteiger partial charge in [0.05, 0.1) is 5.69 Å². The molecular formula is C31H31F3N6O2S. The molecule has 0 saturated carbocycles. The smallest absolute Gasteiger partial charge is 0.406 e. The molecule has 2 amide bonds. The van der Waals surface area contributed by atoms with Crippen LogP contribution >= 0.6 is 11.8 Å². The average Bonchev–Trinajstić information content (AvgIpc) is 3.67. The van der Waals surface area contributed by atoms with E-state index in [1.807, 2.05) is 36.4 Å². The van der Waals surface area contributed by atoms with E-state index in [-0.39, 0.29) is 11.8 Å². The second-order valence-electron chi connectivity index (χ2n) is 9.82.